The minimum Gasteiger partial charge on any atom is -0.493 e. The van der Waals surface area contributed by atoms with Gasteiger partial charge in [0.05, 0.1) is 6.61 Å². The lowest BCUT2D eigenvalue weighted by Gasteiger charge is -2.17. The minimum atomic E-state index is -0.226. The Bertz CT molecular complexity index is 601. The largest absolute Gasteiger partial charge is 0.493 e. The van der Waals surface area contributed by atoms with Crippen LogP contribution >= 0.6 is 0 Å². The Morgan fingerprint density at radius 3 is 2.59 bits per heavy atom. The van der Waals surface area contributed by atoms with Crippen LogP contribution in [0.3, 0.4) is 0 Å². The number of hydrogen-bond acceptors (Lipinski definition) is 3. The molecule has 0 aliphatic heterocycles. The molecule has 2 aromatic rings. The number of anilines is 1. The molecule has 0 amide bonds. The van der Waals surface area contributed by atoms with Gasteiger partial charge in [0.15, 0.2) is 0 Å². The van der Waals surface area contributed by atoms with Crippen LogP contribution in [0.1, 0.15) is 17.9 Å². The molecule has 0 aliphatic rings. The monoisotopic (exact) mass is 302 g/mol. The Balaban J connectivity index is 1.93. The van der Waals surface area contributed by atoms with Gasteiger partial charge in [-0.1, -0.05) is 18.2 Å². The average molecular weight is 302 g/mol. The minimum absolute atomic E-state index is 0.104. The molecule has 2 aromatic carbocycles. The maximum Gasteiger partial charge on any atom is 0.123 e. The average Bonchev–Trinajstić information content (AvgIpc) is 2.52. The highest BCUT2D eigenvalue weighted by Gasteiger charge is 2.11. The number of nitrogens with two attached hydrogens (primary N) is 1. The maximum absolute atomic E-state index is 13.3. The van der Waals surface area contributed by atoms with Crippen LogP contribution in [-0.2, 0) is 0 Å². The van der Waals surface area contributed by atoms with E-state index in [1.165, 1.54) is 6.07 Å². The van der Waals surface area contributed by atoms with Crippen molar-refractivity contribution >= 4 is 5.69 Å². The van der Waals surface area contributed by atoms with Crippen LogP contribution in [0.5, 0.6) is 5.75 Å². The van der Waals surface area contributed by atoms with Crippen molar-refractivity contribution in [3.8, 4) is 5.75 Å². The van der Waals surface area contributed by atoms with Crippen molar-refractivity contribution in [3.63, 3.8) is 0 Å². The number of halogens is 1. The Kier molecular flexibility index (Phi) is 5.78. The van der Waals surface area contributed by atoms with E-state index in [9.17, 15) is 4.39 Å². The smallest absolute Gasteiger partial charge is 0.123 e. The van der Waals surface area contributed by atoms with Crippen LogP contribution in [0.25, 0.3) is 0 Å². The zero-order chi connectivity index (χ0) is 15.9. The second-order valence-corrected chi connectivity index (χ2v) is 5.52. The molecule has 3 nitrogen and oxygen atoms in total. The van der Waals surface area contributed by atoms with E-state index in [1.807, 2.05) is 49.3 Å². The van der Waals surface area contributed by atoms with Crippen molar-refractivity contribution in [3.05, 3.63) is 59.9 Å². The number of hydrogen-bond donors (Lipinski definition) is 1. The fourth-order valence-electron chi connectivity index (χ4n) is 2.35. The van der Waals surface area contributed by atoms with Crippen molar-refractivity contribution in [1.82, 2.24) is 0 Å². The third-order valence-corrected chi connectivity index (χ3v) is 3.67. The summed E-state index contributed by atoms with van der Waals surface area (Å²) in [7, 11) is 3.99. The molecular formula is C18H23FN2O. The van der Waals surface area contributed by atoms with Gasteiger partial charge in [-0.25, -0.2) is 4.39 Å². The van der Waals surface area contributed by atoms with Gasteiger partial charge >= 0.3 is 0 Å². The van der Waals surface area contributed by atoms with E-state index in [2.05, 4.69) is 0 Å². The summed E-state index contributed by atoms with van der Waals surface area (Å²) in [4.78, 5) is 2.03. The molecule has 2 rings (SSSR count). The number of nitrogens with zero attached hydrogens (tertiary/aromatic N) is 1. The van der Waals surface area contributed by atoms with Gasteiger partial charge in [-0.3, -0.25) is 0 Å². The lowest BCUT2D eigenvalue weighted by molar-refractivity contribution is 0.298. The number of benzene rings is 2. The summed E-state index contributed by atoms with van der Waals surface area (Å²) < 4.78 is 19.1. The molecule has 1 atom stereocenters. The predicted octanol–water partition coefficient (Wildman–Crippen LogP) is 3.40. The van der Waals surface area contributed by atoms with Crippen LogP contribution in [0.15, 0.2) is 48.5 Å². The summed E-state index contributed by atoms with van der Waals surface area (Å²) in [6.07, 6.45) is 0.756. The molecule has 118 valence electrons. The lowest BCUT2D eigenvalue weighted by Crippen LogP contribution is -2.16. The summed E-state index contributed by atoms with van der Waals surface area (Å²) in [5.74, 6) is 0.712. The highest BCUT2D eigenvalue weighted by Crippen LogP contribution is 2.22. The van der Waals surface area contributed by atoms with Gasteiger partial charge in [0, 0.05) is 25.8 Å². The molecule has 0 fully saturated rings. The highest BCUT2D eigenvalue weighted by atomic mass is 19.1. The molecule has 0 radical (unpaired) electrons. The van der Waals surface area contributed by atoms with Crippen molar-refractivity contribution in [1.29, 1.82) is 0 Å². The summed E-state index contributed by atoms with van der Waals surface area (Å²) in [5, 5.41) is 0. The van der Waals surface area contributed by atoms with Crippen LogP contribution in [0, 0.1) is 5.82 Å². The van der Waals surface area contributed by atoms with E-state index >= 15 is 0 Å². The Labute approximate surface area is 131 Å². The molecule has 0 spiro atoms. The Morgan fingerprint density at radius 2 is 1.91 bits per heavy atom. The zero-order valence-corrected chi connectivity index (χ0v) is 13.1. The van der Waals surface area contributed by atoms with E-state index in [0.29, 0.717) is 13.2 Å². The fraction of sp³-hybridized carbons (Fsp3) is 0.333. The molecule has 0 saturated carbocycles. The second-order valence-electron chi connectivity index (χ2n) is 5.52. The SMILES string of the molecule is CN(C)c1cccc(OCCC(CN)c2cccc(F)c2)c1. The Hall–Kier alpha value is -2.07. The van der Waals surface area contributed by atoms with E-state index in [-0.39, 0.29) is 11.7 Å². The zero-order valence-electron chi connectivity index (χ0n) is 13.1. The van der Waals surface area contributed by atoms with Crippen LogP contribution in [0.4, 0.5) is 10.1 Å². The third-order valence-electron chi connectivity index (χ3n) is 3.67. The van der Waals surface area contributed by atoms with E-state index in [0.717, 1.165) is 23.4 Å². The number of rotatable bonds is 7. The standard InChI is InChI=1S/C18H23FN2O/c1-21(2)17-7-4-8-18(12-17)22-10-9-15(13-20)14-5-3-6-16(19)11-14/h3-8,11-12,15H,9-10,13,20H2,1-2H3. The van der Waals surface area contributed by atoms with E-state index < -0.39 is 0 Å². The first-order valence-corrected chi connectivity index (χ1v) is 7.46. The topological polar surface area (TPSA) is 38.5 Å². The van der Waals surface area contributed by atoms with E-state index in [1.54, 1.807) is 12.1 Å². The van der Waals surface area contributed by atoms with Crippen molar-refractivity contribution in [2.45, 2.75) is 12.3 Å². The summed E-state index contributed by atoms with van der Waals surface area (Å²) in [6, 6.07) is 14.6. The molecule has 0 heterocycles. The third kappa shape index (κ3) is 4.46. The molecule has 1 unspecified atom stereocenters. The fourth-order valence-corrected chi connectivity index (χ4v) is 2.35. The van der Waals surface area contributed by atoms with Crippen molar-refractivity contribution < 1.29 is 9.13 Å². The summed E-state index contributed by atoms with van der Waals surface area (Å²) >= 11 is 0. The maximum atomic E-state index is 13.3. The van der Waals surface area contributed by atoms with Gasteiger partial charge in [0.1, 0.15) is 11.6 Å². The lowest BCUT2D eigenvalue weighted by atomic mass is 9.96. The van der Waals surface area contributed by atoms with Crippen molar-refractivity contribution in [2.24, 2.45) is 5.73 Å². The molecule has 0 bridgehead atoms. The van der Waals surface area contributed by atoms with Gasteiger partial charge in [0.25, 0.3) is 0 Å². The summed E-state index contributed by atoms with van der Waals surface area (Å²) in [5.41, 5.74) is 7.83. The van der Waals surface area contributed by atoms with Crippen LogP contribution < -0.4 is 15.4 Å². The molecule has 4 heteroatoms. The first kappa shape index (κ1) is 16.3. The second kappa shape index (κ2) is 7.80. The molecule has 22 heavy (non-hydrogen) atoms. The number of ether oxygens (including phenoxy) is 1. The first-order chi connectivity index (χ1) is 10.6. The van der Waals surface area contributed by atoms with Gasteiger partial charge < -0.3 is 15.4 Å². The molecule has 0 aromatic heterocycles. The molecule has 0 saturated heterocycles. The quantitative estimate of drug-likeness (QED) is 0.852. The van der Waals surface area contributed by atoms with Crippen LogP contribution in [-0.4, -0.2) is 27.2 Å². The van der Waals surface area contributed by atoms with Gasteiger partial charge in [-0.2, -0.15) is 0 Å². The van der Waals surface area contributed by atoms with Crippen LogP contribution in [0.2, 0.25) is 0 Å². The molecular weight excluding hydrogens is 279 g/mol. The first-order valence-electron chi connectivity index (χ1n) is 7.46. The molecule has 2 N–H and O–H groups in total. The molecule has 0 aliphatic carbocycles. The van der Waals surface area contributed by atoms with Gasteiger partial charge in [-0.15, -0.1) is 0 Å². The van der Waals surface area contributed by atoms with Gasteiger partial charge in [-0.05, 0) is 48.7 Å². The van der Waals surface area contributed by atoms with E-state index in [4.69, 9.17) is 10.5 Å². The summed E-state index contributed by atoms with van der Waals surface area (Å²) in [6.45, 7) is 1.03. The highest BCUT2D eigenvalue weighted by molar-refractivity contribution is 5.49. The van der Waals surface area contributed by atoms with Gasteiger partial charge in [0.2, 0.25) is 0 Å². The predicted molar refractivity (Wildman–Crippen MR) is 89.1 cm³/mol. The van der Waals surface area contributed by atoms with Crippen molar-refractivity contribution in [2.75, 3.05) is 32.1 Å². The normalized spacial score (nSPS) is 12.0. The Morgan fingerprint density at radius 1 is 1.14 bits per heavy atom.